The topological polar surface area (TPSA) is 38.0 Å². The maximum absolute atomic E-state index is 5.28. The summed E-state index contributed by atoms with van der Waals surface area (Å²) in [5, 5.41) is 0.847. The Morgan fingerprint density at radius 1 is 1.83 bits per heavy atom. The van der Waals surface area contributed by atoms with Crippen molar-refractivity contribution in [2.24, 2.45) is 5.73 Å². The van der Waals surface area contributed by atoms with E-state index in [-0.39, 0.29) is 0 Å². The first-order chi connectivity index (χ1) is 2.89. The third kappa shape index (κ3) is 0.753. The van der Waals surface area contributed by atoms with Crippen LogP contribution in [0.1, 0.15) is 0 Å². The quantitative estimate of drug-likeness (QED) is 0.363. The van der Waals surface area contributed by atoms with E-state index >= 15 is 0 Å². The summed E-state index contributed by atoms with van der Waals surface area (Å²) in [5.41, 5.74) is 5.28. The molecule has 0 aliphatic carbocycles. The maximum atomic E-state index is 5.28. The summed E-state index contributed by atoms with van der Waals surface area (Å²) in [6, 6.07) is 0. The molecule has 0 saturated carbocycles. The highest BCUT2D eigenvalue weighted by molar-refractivity contribution is 8.77. The first-order valence-electron chi connectivity index (χ1n) is 1.44. The number of hydrogen-bond donors (Lipinski definition) is 2. The lowest BCUT2D eigenvalue weighted by Gasteiger charge is -1.78. The van der Waals surface area contributed by atoms with Gasteiger partial charge in [0, 0.05) is 17.2 Å². The zero-order valence-corrected chi connectivity index (χ0v) is 4.60. The van der Waals surface area contributed by atoms with Crippen molar-refractivity contribution >= 4 is 21.8 Å². The van der Waals surface area contributed by atoms with Gasteiger partial charge in [-0.15, -0.1) is 0 Å². The first kappa shape index (κ1) is 4.21. The monoisotopic (exact) mass is 120 g/mol. The Morgan fingerprint density at radius 3 is 2.83 bits per heavy atom. The second-order valence-corrected chi connectivity index (χ2v) is 2.87. The van der Waals surface area contributed by atoms with Crippen molar-refractivity contribution in [2.75, 3.05) is 0 Å². The van der Waals surface area contributed by atoms with Crippen molar-refractivity contribution < 1.29 is 0 Å². The Balaban J connectivity index is 2.45. The van der Waals surface area contributed by atoms with Crippen LogP contribution in [0.4, 0.5) is 0 Å². The first-order valence-corrected chi connectivity index (χ1v) is 3.59. The lowest BCUT2D eigenvalue weighted by atomic mass is 11.0. The van der Waals surface area contributed by atoms with Gasteiger partial charge in [0.1, 0.15) is 0 Å². The van der Waals surface area contributed by atoms with Crippen LogP contribution in [0.15, 0.2) is 11.2 Å². The summed E-state index contributed by atoms with van der Waals surface area (Å²) < 4.78 is 2.86. The molecule has 3 N–H and O–H groups in total. The second-order valence-electron chi connectivity index (χ2n) is 0.831. The van der Waals surface area contributed by atoms with Gasteiger partial charge in [-0.2, -0.15) is 0 Å². The Labute approximate surface area is 44.1 Å². The molecule has 4 heteroatoms. The SMILES string of the molecule is NC1=CNSS1. The molecule has 0 aromatic carbocycles. The molecule has 2 nitrogen and oxygen atoms in total. The van der Waals surface area contributed by atoms with Crippen molar-refractivity contribution in [2.45, 2.75) is 0 Å². The number of nitrogens with two attached hydrogens (primary N) is 1. The summed E-state index contributed by atoms with van der Waals surface area (Å²) in [4.78, 5) is 0. The molecule has 1 aliphatic rings. The van der Waals surface area contributed by atoms with Gasteiger partial charge in [-0.05, 0) is 10.8 Å². The van der Waals surface area contributed by atoms with Gasteiger partial charge in [-0.3, -0.25) is 0 Å². The van der Waals surface area contributed by atoms with Crippen LogP contribution in [-0.2, 0) is 0 Å². The van der Waals surface area contributed by atoms with E-state index in [0.29, 0.717) is 0 Å². The van der Waals surface area contributed by atoms with E-state index in [4.69, 9.17) is 5.73 Å². The normalized spacial score (nSPS) is 19.7. The van der Waals surface area contributed by atoms with E-state index < -0.39 is 0 Å². The van der Waals surface area contributed by atoms with Crippen LogP contribution in [-0.4, -0.2) is 0 Å². The summed E-state index contributed by atoms with van der Waals surface area (Å²) in [6.45, 7) is 0. The van der Waals surface area contributed by atoms with Gasteiger partial charge in [-0.1, -0.05) is 0 Å². The molecule has 0 fully saturated rings. The predicted molar refractivity (Wildman–Crippen MR) is 30.6 cm³/mol. The molecule has 0 aromatic rings. The smallest absolute Gasteiger partial charge is 0.0948 e. The lowest BCUT2D eigenvalue weighted by molar-refractivity contribution is 1.38. The Kier molecular flexibility index (Phi) is 1.16. The van der Waals surface area contributed by atoms with Crippen LogP contribution in [0.3, 0.4) is 0 Å². The number of nitrogens with one attached hydrogen (secondary N) is 1. The summed E-state index contributed by atoms with van der Waals surface area (Å²) in [6.07, 6.45) is 1.77. The van der Waals surface area contributed by atoms with Gasteiger partial charge in [0.25, 0.3) is 0 Å². The van der Waals surface area contributed by atoms with Gasteiger partial charge >= 0.3 is 0 Å². The van der Waals surface area contributed by atoms with Gasteiger partial charge in [-0.25, -0.2) is 0 Å². The van der Waals surface area contributed by atoms with Crippen LogP contribution in [0, 0.1) is 0 Å². The molecule has 0 bridgehead atoms. The molecule has 1 heterocycles. The van der Waals surface area contributed by atoms with Crippen LogP contribution >= 0.6 is 21.8 Å². The minimum Gasteiger partial charge on any atom is -0.392 e. The molecular weight excluding hydrogens is 116 g/mol. The Hall–Kier alpha value is 0.0400. The average molecular weight is 120 g/mol. The van der Waals surface area contributed by atoms with Crippen molar-refractivity contribution in [1.82, 2.24) is 4.72 Å². The summed E-state index contributed by atoms with van der Waals surface area (Å²) in [5.74, 6) is 0. The Morgan fingerprint density at radius 2 is 2.67 bits per heavy atom. The standard InChI is InChI=1S/C2H4N2S2/c3-2-1-4-6-5-2/h1,4H,3H2. The van der Waals surface area contributed by atoms with Crippen LogP contribution in [0.2, 0.25) is 0 Å². The van der Waals surface area contributed by atoms with Crippen molar-refractivity contribution in [3.8, 4) is 0 Å². The molecule has 0 saturated heterocycles. The van der Waals surface area contributed by atoms with Crippen molar-refractivity contribution in [1.29, 1.82) is 0 Å². The molecule has 0 spiro atoms. The Bertz CT molecular complexity index is 79.6. The third-order valence-corrected chi connectivity index (χ3v) is 2.11. The highest BCUT2D eigenvalue weighted by Gasteiger charge is 1.96. The number of rotatable bonds is 0. The van der Waals surface area contributed by atoms with Crippen LogP contribution in [0.5, 0.6) is 0 Å². The minimum atomic E-state index is 0.847. The van der Waals surface area contributed by atoms with Gasteiger partial charge < -0.3 is 10.5 Å². The molecular formula is C2H4N2S2. The zero-order valence-electron chi connectivity index (χ0n) is 2.97. The maximum Gasteiger partial charge on any atom is 0.0948 e. The highest BCUT2D eigenvalue weighted by atomic mass is 33.1. The molecule has 34 valence electrons. The molecule has 0 amide bonds. The van der Waals surface area contributed by atoms with Gasteiger partial charge in [0.05, 0.1) is 5.03 Å². The third-order valence-electron chi connectivity index (χ3n) is 0.387. The van der Waals surface area contributed by atoms with Gasteiger partial charge in [0.15, 0.2) is 0 Å². The van der Waals surface area contributed by atoms with Gasteiger partial charge in [0.2, 0.25) is 0 Å². The van der Waals surface area contributed by atoms with Crippen LogP contribution < -0.4 is 10.5 Å². The average Bonchev–Trinajstić information content (AvgIpc) is 1.86. The molecule has 0 aromatic heterocycles. The fraction of sp³-hybridized carbons (Fsp3) is 0. The second kappa shape index (κ2) is 1.66. The molecule has 1 rings (SSSR count). The molecule has 6 heavy (non-hydrogen) atoms. The van der Waals surface area contributed by atoms with E-state index in [1.807, 2.05) is 0 Å². The minimum absolute atomic E-state index is 0.847. The lowest BCUT2D eigenvalue weighted by Crippen LogP contribution is -1.87. The zero-order chi connectivity index (χ0) is 4.41. The van der Waals surface area contributed by atoms with Crippen molar-refractivity contribution in [3.63, 3.8) is 0 Å². The summed E-state index contributed by atoms with van der Waals surface area (Å²) in [7, 11) is 3.07. The molecule has 1 aliphatic heterocycles. The summed E-state index contributed by atoms with van der Waals surface area (Å²) >= 11 is 0. The van der Waals surface area contributed by atoms with E-state index in [9.17, 15) is 0 Å². The molecule has 0 unspecified atom stereocenters. The van der Waals surface area contributed by atoms with E-state index in [0.717, 1.165) is 5.03 Å². The van der Waals surface area contributed by atoms with E-state index in [1.165, 1.54) is 11.0 Å². The number of hydrogen-bond acceptors (Lipinski definition) is 4. The molecule has 0 atom stereocenters. The van der Waals surface area contributed by atoms with Crippen LogP contribution in [0.25, 0.3) is 0 Å². The van der Waals surface area contributed by atoms with E-state index in [2.05, 4.69) is 4.72 Å². The predicted octanol–water partition coefficient (Wildman–Crippen LogP) is 0.644. The largest absolute Gasteiger partial charge is 0.392 e. The fourth-order valence-corrected chi connectivity index (χ4v) is 1.40. The van der Waals surface area contributed by atoms with Crippen molar-refractivity contribution in [3.05, 3.63) is 11.2 Å². The van der Waals surface area contributed by atoms with E-state index in [1.54, 1.807) is 17.0 Å². The highest BCUT2D eigenvalue weighted by Crippen LogP contribution is 2.27. The fourth-order valence-electron chi connectivity index (χ4n) is 0.178. The molecule has 0 radical (unpaired) electrons.